The molecule has 0 atom stereocenters. The van der Waals surface area contributed by atoms with Crippen molar-refractivity contribution in [3.8, 4) is 10.6 Å². The van der Waals surface area contributed by atoms with Gasteiger partial charge < -0.3 is 5.73 Å². The third-order valence-electron chi connectivity index (χ3n) is 2.26. The van der Waals surface area contributed by atoms with Crippen LogP contribution in [0.25, 0.3) is 10.6 Å². The molecule has 0 aliphatic carbocycles. The molecule has 0 spiro atoms. The number of anilines is 1. The van der Waals surface area contributed by atoms with Gasteiger partial charge in [0.15, 0.2) is 0 Å². The Morgan fingerprint density at radius 2 is 2.27 bits per heavy atom. The van der Waals surface area contributed by atoms with Gasteiger partial charge in [0.2, 0.25) is 0 Å². The van der Waals surface area contributed by atoms with Crippen LogP contribution in [0.1, 0.15) is 25.3 Å². The number of aromatic nitrogens is 2. The van der Waals surface area contributed by atoms with E-state index in [4.69, 9.17) is 5.73 Å². The zero-order chi connectivity index (χ0) is 11.0. The summed E-state index contributed by atoms with van der Waals surface area (Å²) in [5, 5.41) is 9.20. The van der Waals surface area contributed by atoms with Gasteiger partial charge in [-0.25, -0.2) is 0 Å². The van der Waals surface area contributed by atoms with E-state index < -0.39 is 0 Å². The van der Waals surface area contributed by atoms with E-state index in [0.717, 1.165) is 11.3 Å². The lowest BCUT2D eigenvalue weighted by Gasteiger charge is -2.06. The van der Waals surface area contributed by atoms with Gasteiger partial charge >= 0.3 is 0 Å². The van der Waals surface area contributed by atoms with Gasteiger partial charge in [0.05, 0.1) is 10.6 Å². The lowest BCUT2D eigenvalue weighted by molar-refractivity contribution is 0.873. The third-order valence-corrected chi connectivity index (χ3v) is 4.45. The number of halogens is 1. The maximum atomic E-state index is 5.86. The lowest BCUT2D eigenvalue weighted by Crippen LogP contribution is -1.94. The van der Waals surface area contributed by atoms with Crippen LogP contribution in [0.4, 0.5) is 5.82 Å². The number of nitrogens with zero attached hydrogens (tertiary/aromatic N) is 1. The van der Waals surface area contributed by atoms with Gasteiger partial charge in [-0.1, -0.05) is 13.8 Å². The van der Waals surface area contributed by atoms with Gasteiger partial charge in [0, 0.05) is 9.13 Å². The topological polar surface area (TPSA) is 54.7 Å². The van der Waals surface area contributed by atoms with Crippen molar-refractivity contribution < 1.29 is 0 Å². The minimum Gasteiger partial charge on any atom is -0.382 e. The molecule has 5 heteroatoms. The average molecular weight is 333 g/mol. The van der Waals surface area contributed by atoms with Crippen molar-refractivity contribution in [1.29, 1.82) is 0 Å². The van der Waals surface area contributed by atoms with E-state index >= 15 is 0 Å². The Hall–Kier alpha value is -0.560. The Balaban J connectivity index is 2.59. The minimum atomic E-state index is 0.386. The molecule has 2 rings (SSSR count). The fraction of sp³-hybridized carbons (Fsp3) is 0.300. The van der Waals surface area contributed by atoms with Crippen molar-refractivity contribution in [2.75, 3.05) is 5.73 Å². The molecule has 0 fully saturated rings. The number of hydrogen-bond acceptors (Lipinski definition) is 3. The highest BCUT2D eigenvalue weighted by molar-refractivity contribution is 14.1. The third kappa shape index (κ3) is 1.90. The van der Waals surface area contributed by atoms with Crippen LogP contribution in [-0.2, 0) is 0 Å². The number of thiophene rings is 1. The van der Waals surface area contributed by atoms with E-state index in [2.05, 4.69) is 58.1 Å². The summed E-state index contributed by atoms with van der Waals surface area (Å²) in [5.74, 6) is 1.00. The summed E-state index contributed by atoms with van der Waals surface area (Å²) < 4.78 is 1.24. The second-order valence-corrected chi connectivity index (χ2v) is 5.73. The van der Waals surface area contributed by atoms with E-state index in [1.807, 2.05) is 0 Å². The van der Waals surface area contributed by atoms with Crippen LogP contribution in [0.5, 0.6) is 0 Å². The van der Waals surface area contributed by atoms with Gasteiger partial charge in [0.25, 0.3) is 0 Å². The first kappa shape index (κ1) is 10.9. The summed E-state index contributed by atoms with van der Waals surface area (Å²) in [7, 11) is 0. The summed E-state index contributed by atoms with van der Waals surface area (Å²) in [4.78, 5) is 1.23. The van der Waals surface area contributed by atoms with Gasteiger partial charge in [-0.05, 0) is 40.0 Å². The fourth-order valence-corrected chi connectivity index (χ4v) is 3.46. The Kier molecular flexibility index (Phi) is 3.01. The Labute approximate surface area is 106 Å². The zero-order valence-electron chi connectivity index (χ0n) is 8.54. The van der Waals surface area contributed by atoms with Crippen LogP contribution >= 0.6 is 33.9 Å². The lowest BCUT2D eigenvalue weighted by atomic mass is 10.0. The Morgan fingerprint density at radius 3 is 2.80 bits per heavy atom. The second-order valence-electron chi connectivity index (χ2n) is 3.65. The normalized spacial score (nSPS) is 11.2. The summed E-state index contributed by atoms with van der Waals surface area (Å²) in [5.41, 5.74) is 8.05. The predicted molar refractivity (Wildman–Crippen MR) is 73.1 cm³/mol. The van der Waals surface area contributed by atoms with Crippen molar-refractivity contribution in [3.63, 3.8) is 0 Å². The fourth-order valence-electron chi connectivity index (χ4n) is 1.59. The first-order valence-corrected chi connectivity index (χ1v) is 6.64. The Morgan fingerprint density at radius 1 is 1.53 bits per heavy atom. The molecule has 0 aliphatic heterocycles. The molecule has 3 N–H and O–H groups in total. The van der Waals surface area contributed by atoms with Crippen LogP contribution in [0.3, 0.4) is 0 Å². The SMILES string of the molecule is CC(C)c1c(N)n[nH]c1-c1sccc1I. The van der Waals surface area contributed by atoms with Crippen molar-refractivity contribution in [2.45, 2.75) is 19.8 Å². The molecule has 2 aromatic heterocycles. The molecule has 0 aromatic carbocycles. The maximum absolute atomic E-state index is 5.86. The van der Waals surface area contributed by atoms with Crippen molar-refractivity contribution in [3.05, 3.63) is 20.6 Å². The number of aromatic amines is 1. The van der Waals surface area contributed by atoms with Crippen LogP contribution in [0.15, 0.2) is 11.4 Å². The van der Waals surface area contributed by atoms with Gasteiger partial charge in [-0.15, -0.1) is 11.3 Å². The summed E-state index contributed by atoms with van der Waals surface area (Å²) >= 11 is 4.04. The number of hydrogen-bond donors (Lipinski definition) is 2. The number of rotatable bonds is 2. The summed E-state index contributed by atoms with van der Waals surface area (Å²) in [6, 6.07) is 2.10. The number of nitrogen functional groups attached to an aromatic ring is 1. The molecule has 0 unspecified atom stereocenters. The molecule has 0 aliphatic rings. The molecule has 0 radical (unpaired) electrons. The molecule has 2 aromatic rings. The number of nitrogens with one attached hydrogen (secondary N) is 1. The highest BCUT2D eigenvalue weighted by Gasteiger charge is 2.18. The maximum Gasteiger partial charge on any atom is 0.149 e. The van der Waals surface area contributed by atoms with E-state index in [1.54, 1.807) is 11.3 Å². The quantitative estimate of drug-likeness (QED) is 0.827. The average Bonchev–Trinajstić information content (AvgIpc) is 2.71. The first-order valence-electron chi connectivity index (χ1n) is 4.68. The molecule has 0 bridgehead atoms. The van der Waals surface area contributed by atoms with Crippen molar-refractivity contribution in [2.24, 2.45) is 0 Å². The van der Waals surface area contributed by atoms with Gasteiger partial charge in [-0.2, -0.15) is 5.10 Å². The molecule has 0 saturated heterocycles. The van der Waals surface area contributed by atoms with Crippen molar-refractivity contribution in [1.82, 2.24) is 10.2 Å². The van der Waals surface area contributed by atoms with Crippen molar-refractivity contribution >= 4 is 39.7 Å². The smallest absolute Gasteiger partial charge is 0.149 e. The summed E-state index contributed by atoms with van der Waals surface area (Å²) in [6.07, 6.45) is 0. The van der Waals surface area contributed by atoms with E-state index in [1.165, 1.54) is 8.45 Å². The largest absolute Gasteiger partial charge is 0.382 e. The van der Waals surface area contributed by atoms with E-state index in [9.17, 15) is 0 Å². The minimum absolute atomic E-state index is 0.386. The predicted octanol–water partition coefficient (Wildman–Crippen LogP) is 3.45. The molecule has 0 amide bonds. The second kappa shape index (κ2) is 4.13. The van der Waals surface area contributed by atoms with E-state index in [0.29, 0.717) is 11.7 Å². The van der Waals surface area contributed by atoms with Gasteiger partial charge in [0.1, 0.15) is 5.82 Å². The highest BCUT2D eigenvalue weighted by Crippen LogP contribution is 2.36. The Bertz CT molecular complexity index is 473. The first-order chi connectivity index (χ1) is 7.11. The molecule has 3 nitrogen and oxygen atoms in total. The van der Waals surface area contributed by atoms with Crippen LogP contribution in [-0.4, -0.2) is 10.2 Å². The van der Waals surface area contributed by atoms with Crippen LogP contribution in [0, 0.1) is 3.57 Å². The number of H-pyrrole nitrogens is 1. The molecule has 2 heterocycles. The van der Waals surface area contributed by atoms with Crippen LogP contribution in [0.2, 0.25) is 0 Å². The standard InChI is InChI=1S/C10H12IN3S/c1-5(2)7-8(13-14-10(7)12)9-6(11)3-4-15-9/h3-5H,1-2H3,(H3,12,13,14). The molecule has 0 saturated carbocycles. The van der Waals surface area contributed by atoms with E-state index in [-0.39, 0.29) is 0 Å². The molecular weight excluding hydrogens is 321 g/mol. The highest BCUT2D eigenvalue weighted by atomic mass is 127. The molecular formula is C10H12IN3S. The number of nitrogens with two attached hydrogens (primary N) is 1. The van der Waals surface area contributed by atoms with Crippen LogP contribution < -0.4 is 5.73 Å². The molecule has 80 valence electrons. The van der Waals surface area contributed by atoms with Gasteiger partial charge in [-0.3, -0.25) is 5.10 Å². The zero-order valence-corrected chi connectivity index (χ0v) is 11.5. The molecule has 15 heavy (non-hydrogen) atoms. The summed E-state index contributed by atoms with van der Waals surface area (Å²) in [6.45, 7) is 4.26. The monoisotopic (exact) mass is 333 g/mol.